The first-order valence-electron chi connectivity index (χ1n) is 9.89. The topological polar surface area (TPSA) is 75.3 Å². The van der Waals surface area contributed by atoms with E-state index in [9.17, 15) is 9.18 Å². The molecule has 0 spiro atoms. The molecule has 7 heteroatoms. The molecule has 0 aliphatic carbocycles. The number of nitrogens with zero attached hydrogens (tertiary/aromatic N) is 3. The lowest BCUT2D eigenvalue weighted by molar-refractivity contribution is -0.134. The van der Waals surface area contributed by atoms with Gasteiger partial charge in [-0.15, -0.1) is 0 Å². The van der Waals surface area contributed by atoms with E-state index >= 15 is 0 Å². The maximum absolute atomic E-state index is 14.5. The maximum atomic E-state index is 14.5. The van der Waals surface area contributed by atoms with Gasteiger partial charge < -0.3 is 4.74 Å². The molecule has 0 saturated carbocycles. The van der Waals surface area contributed by atoms with E-state index in [-0.39, 0.29) is 12.3 Å². The van der Waals surface area contributed by atoms with Gasteiger partial charge in [0.05, 0.1) is 29.6 Å². The van der Waals surface area contributed by atoms with Gasteiger partial charge in [-0.2, -0.15) is 5.26 Å². The van der Waals surface area contributed by atoms with Crippen LogP contribution < -0.4 is 0 Å². The van der Waals surface area contributed by atoms with E-state index in [4.69, 9.17) is 10.00 Å². The first-order chi connectivity index (χ1) is 15.5. The molecule has 1 aliphatic heterocycles. The number of rotatable bonds is 4. The predicted octanol–water partition coefficient (Wildman–Crippen LogP) is 5.80. The zero-order chi connectivity index (χ0) is 22.7. The van der Waals surface area contributed by atoms with Crippen LogP contribution in [0.5, 0.6) is 0 Å². The van der Waals surface area contributed by atoms with Crippen molar-refractivity contribution in [2.24, 2.45) is 4.99 Å². The Bertz CT molecular complexity index is 1310. The van der Waals surface area contributed by atoms with Crippen LogP contribution in [-0.2, 0) is 16.0 Å². The average molecular weight is 490 g/mol. The number of benzene rings is 2. The molecule has 0 bridgehead atoms. The first kappa shape index (κ1) is 21.6. The molecule has 158 valence electrons. The fourth-order valence-corrected chi connectivity index (χ4v) is 3.73. The molecule has 1 aliphatic rings. The lowest BCUT2D eigenvalue weighted by Gasteiger charge is -2.10. The number of aliphatic imine (C=N–C) groups is 1. The predicted molar refractivity (Wildman–Crippen MR) is 124 cm³/mol. The number of carbonyl (C=O) groups excluding carboxylic acids is 1. The van der Waals surface area contributed by atoms with Gasteiger partial charge in [-0.05, 0) is 60.5 Å². The van der Waals surface area contributed by atoms with Gasteiger partial charge in [0.2, 0.25) is 0 Å². The van der Waals surface area contributed by atoms with Crippen LogP contribution in [0.1, 0.15) is 23.6 Å². The molecule has 0 amide bonds. The third-order valence-electron chi connectivity index (χ3n) is 4.97. The van der Waals surface area contributed by atoms with Crippen molar-refractivity contribution in [2.75, 3.05) is 6.61 Å². The van der Waals surface area contributed by atoms with Crippen LogP contribution >= 0.6 is 15.9 Å². The lowest BCUT2D eigenvalue weighted by atomic mass is 9.96. The Hall–Kier alpha value is -3.63. The van der Waals surface area contributed by atoms with Gasteiger partial charge in [0, 0.05) is 28.2 Å². The lowest BCUT2D eigenvalue weighted by Crippen LogP contribution is -2.15. The number of hydrogen-bond acceptors (Lipinski definition) is 5. The largest absolute Gasteiger partial charge is 0.461 e. The number of pyridine rings is 1. The van der Waals surface area contributed by atoms with Crippen LogP contribution in [0.2, 0.25) is 0 Å². The van der Waals surface area contributed by atoms with E-state index < -0.39 is 11.8 Å². The zero-order valence-corrected chi connectivity index (χ0v) is 18.7. The summed E-state index contributed by atoms with van der Waals surface area (Å²) < 4.78 is 20.3. The van der Waals surface area contributed by atoms with Crippen LogP contribution in [0, 0.1) is 17.1 Å². The van der Waals surface area contributed by atoms with Gasteiger partial charge >= 0.3 is 5.97 Å². The summed E-state index contributed by atoms with van der Waals surface area (Å²) >= 11 is 3.26. The van der Waals surface area contributed by atoms with Gasteiger partial charge in [-0.25, -0.2) is 14.2 Å². The van der Waals surface area contributed by atoms with E-state index in [1.807, 2.05) is 12.1 Å². The van der Waals surface area contributed by atoms with Crippen LogP contribution in [0.4, 0.5) is 10.1 Å². The van der Waals surface area contributed by atoms with Crippen LogP contribution in [0.25, 0.3) is 16.8 Å². The first-order valence-corrected chi connectivity index (χ1v) is 10.7. The number of ether oxygens (including phenoxy) is 1. The van der Waals surface area contributed by atoms with Crippen molar-refractivity contribution in [1.29, 1.82) is 5.26 Å². The molecule has 2 heterocycles. The van der Waals surface area contributed by atoms with Gasteiger partial charge in [0.15, 0.2) is 0 Å². The smallest absolute Gasteiger partial charge is 0.356 e. The highest BCUT2D eigenvalue weighted by Gasteiger charge is 2.20. The fraction of sp³-hybridized carbons (Fsp3) is 0.120. The Morgan fingerprint density at radius 1 is 1.22 bits per heavy atom. The van der Waals surface area contributed by atoms with E-state index in [2.05, 4.69) is 32.0 Å². The van der Waals surface area contributed by atoms with Gasteiger partial charge in [0.1, 0.15) is 11.5 Å². The summed E-state index contributed by atoms with van der Waals surface area (Å²) in [5, 5.41) is 9.06. The van der Waals surface area contributed by atoms with Crippen LogP contribution in [0.15, 0.2) is 70.3 Å². The standard InChI is InChI=1S/C25H17BrFN3O2/c1-2-32-25(31)24-10-17(16-5-3-15(13-28)4-6-16)9-18-14-29-23(12-22(18)30-24)20-8-7-19(26)11-21(20)27/h3-8,10-12,14H,2,9H2,1H3. The minimum absolute atomic E-state index is 0.151. The summed E-state index contributed by atoms with van der Waals surface area (Å²) in [5.74, 6) is -0.953. The Morgan fingerprint density at radius 2 is 2.00 bits per heavy atom. The number of hydrogen-bond donors (Lipinski definition) is 0. The second kappa shape index (κ2) is 9.25. The Kier molecular flexibility index (Phi) is 6.24. The molecular weight excluding hydrogens is 473 g/mol. The molecule has 3 aromatic rings. The molecule has 0 unspecified atom stereocenters. The molecule has 0 saturated heterocycles. The summed E-state index contributed by atoms with van der Waals surface area (Å²) in [4.78, 5) is 21.6. The van der Waals surface area contributed by atoms with Crippen LogP contribution in [-0.4, -0.2) is 23.3 Å². The Morgan fingerprint density at radius 3 is 2.69 bits per heavy atom. The van der Waals surface area contributed by atoms with E-state index in [1.165, 1.54) is 6.07 Å². The van der Waals surface area contributed by atoms with E-state index in [1.54, 1.807) is 49.5 Å². The van der Waals surface area contributed by atoms with Gasteiger partial charge in [-0.1, -0.05) is 28.1 Å². The fourth-order valence-electron chi connectivity index (χ4n) is 3.39. The quantitative estimate of drug-likeness (QED) is 0.434. The van der Waals surface area contributed by atoms with E-state index in [0.717, 1.165) is 16.7 Å². The second-order valence-corrected chi connectivity index (χ2v) is 7.99. The van der Waals surface area contributed by atoms with Crippen molar-refractivity contribution in [3.8, 4) is 17.3 Å². The van der Waals surface area contributed by atoms with Gasteiger partial charge in [-0.3, -0.25) is 4.98 Å². The SMILES string of the molecule is CCOC(=O)C1=Nc2cc(-c3ccc(Br)cc3F)ncc2CC(c2ccc(C#N)cc2)=C1. The molecule has 1 aromatic heterocycles. The molecule has 4 rings (SSSR count). The molecule has 0 N–H and O–H groups in total. The average Bonchev–Trinajstić information content (AvgIpc) is 2.99. The second-order valence-electron chi connectivity index (χ2n) is 7.08. The zero-order valence-electron chi connectivity index (χ0n) is 17.1. The highest BCUT2D eigenvalue weighted by Crippen LogP contribution is 2.33. The molecule has 0 radical (unpaired) electrons. The highest BCUT2D eigenvalue weighted by molar-refractivity contribution is 9.10. The highest BCUT2D eigenvalue weighted by atomic mass is 79.9. The van der Waals surface area contributed by atoms with Crippen molar-refractivity contribution in [3.63, 3.8) is 0 Å². The maximum Gasteiger partial charge on any atom is 0.356 e. The number of halogens is 2. The summed E-state index contributed by atoms with van der Waals surface area (Å²) in [7, 11) is 0. The van der Waals surface area contributed by atoms with Crippen LogP contribution in [0.3, 0.4) is 0 Å². The number of carbonyl (C=O) groups is 1. The third kappa shape index (κ3) is 4.51. The van der Waals surface area contributed by atoms with E-state index in [0.29, 0.717) is 33.4 Å². The number of allylic oxidation sites excluding steroid dienone is 1. The summed E-state index contributed by atoms with van der Waals surface area (Å²) in [6.45, 7) is 1.95. The normalized spacial score (nSPS) is 12.7. The van der Waals surface area contributed by atoms with Crippen molar-refractivity contribution >= 4 is 38.9 Å². The summed E-state index contributed by atoms with van der Waals surface area (Å²) in [5.41, 5.74) is 4.47. The molecule has 32 heavy (non-hydrogen) atoms. The molecule has 0 fully saturated rings. The third-order valence-corrected chi connectivity index (χ3v) is 5.46. The molecule has 2 aromatic carbocycles. The molecule has 0 atom stereocenters. The number of fused-ring (bicyclic) bond motifs is 1. The summed E-state index contributed by atoms with van der Waals surface area (Å²) in [6.07, 6.45) is 3.81. The minimum atomic E-state index is -0.542. The number of aromatic nitrogens is 1. The van der Waals surface area contributed by atoms with Crippen molar-refractivity contribution in [3.05, 3.63) is 87.8 Å². The number of esters is 1. The molecular formula is C25H17BrFN3O2. The van der Waals surface area contributed by atoms with Crippen molar-refractivity contribution in [1.82, 2.24) is 4.98 Å². The Labute approximate surface area is 193 Å². The monoisotopic (exact) mass is 489 g/mol. The van der Waals surface area contributed by atoms with Gasteiger partial charge in [0.25, 0.3) is 0 Å². The number of nitriles is 1. The van der Waals surface area contributed by atoms with Crippen molar-refractivity contribution < 1.29 is 13.9 Å². The minimum Gasteiger partial charge on any atom is -0.461 e. The van der Waals surface area contributed by atoms with Crippen molar-refractivity contribution in [2.45, 2.75) is 13.3 Å². The molecule has 5 nitrogen and oxygen atoms in total. The summed E-state index contributed by atoms with van der Waals surface area (Å²) in [6, 6.07) is 15.6. The Balaban J connectivity index is 1.80.